The minimum atomic E-state index is -0.963. The normalized spacial score (nSPS) is 17.2. The number of aliphatic carboxylic acids is 1. The van der Waals surface area contributed by atoms with E-state index in [9.17, 15) is 9.59 Å². The Balaban J connectivity index is 2.49. The van der Waals surface area contributed by atoms with E-state index in [1.54, 1.807) is 11.8 Å². The lowest BCUT2D eigenvalue weighted by Gasteiger charge is -2.35. The minimum Gasteiger partial charge on any atom is -0.480 e. The van der Waals surface area contributed by atoms with E-state index < -0.39 is 11.5 Å². The van der Waals surface area contributed by atoms with Crippen molar-refractivity contribution in [3.05, 3.63) is 0 Å². The fourth-order valence-corrected chi connectivity index (χ4v) is 3.17. The van der Waals surface area contributed by atoms with Gasteiger partial charge < -0.3 is 15.3 Å². The predicted octanol–water partition coefficient (Wildman–Crippen LogP) is 1.18. The molecule has 1 saturated heterocycles. The molecular weight excluding hydrogens is 264 g/mol. The number of piperidine rings is 1. The Morgan fingerprint density at radius 3 is 2.37 bits per heavy atom. The van der Waals surface area contributed by atoms with Gasteiger partial charge in [-0.3, -0.25) is 9.59 Å². The minimum absolute atomic E-state index is 0.0848. The third-order valence-corrected chi connectivity index (χ3v) is 4.49. The highest BCUT2D eigenvalue weighted by atomic mass is 32.2. The highest BCUT2D eigenvalue weighted by Gasteiger charge is 2.28. The second-order valence-electron chi connectivity index (χ2n) is 5.80. The molecule has 2 N–H and O–H groups in total. The van der Waals surface area contributed by atoms with Crippen LogP contribution in [0.15, 0.2) is 0 Å². The highest BCUT2D eigenvalue weighted by Crippen LogP contribution is 2.22. The zero-order chi connectivity index (χ0) is 14.5. The second-order valence-corrected chi connectivity index (χ2v) is 7.09. The quantitative estimate of drug-likeness (QED) is 0.795. The lowest BCUT2D eigenvalue weighted by molar-refractivity contribution is -0.146. The number of nitrogens with one attached hydrogen (secondary N) is 1. The first-order chi connectivity index (χ1) is 8.80. The molecule has 0 spiro atoms. The van der Waals surface area contributed by atoms with Gasteiger partial charge in [0.1, 0.15) is 6.54 Å². The molecule has 1 heterocycles. The summed E-state index contributed by atoms with van der Waals surface area (Å²) >= 11 is 1.65. The zero-order valence-electron chi connectivity index (χ0n) is 11.9. The monoisotopic (exact) mass is 288 g/mol. The molecule has 0 bridgehead atoms. The first-order valence-corrected chi connectivity index (χ1v) is 7.70. The van der Waals surface area contributed by atoms with Crippen LogP contribution in [0.2, 0.25) is 0 Å². The summed E-state index contributed by atoms with van der Waals surface area (Å²) in [6, 6.07) is 0. The highest BCUT2D eigenvalue weighted by molar-refractivity contribution is 8.00. The topological polar surface area (TPSA) is 69.6 Å². The fraction of sp³-hybridized carbons (Fsp3) is 0.846. The van der Waals surface area contributed by atoms with E-state index in [0.29, 0.717) is 11.0 Å². The molecule has 0 aromatic carbocycles. The average molecular weight is 288 g/mol. The van der Waals surface area contributed by atoms with Crippen LogP contribution in [0, 0.1) is 0 Å². The smallest absolute Gasteiger partial charge is 0.323 e. The van der Waals surface area contributed by atoms with Crippen LogP contribution in [-0.2, 0) is 9.59 Å². The van der Waals surface area contributed by atoms with E-state index in [1.165, 1.54) is 4.90 Å². The van der Waals surface area contributed by atoms with Gasteiger partial charge in [0.2, 0.25) is 5.91 Å². The summed E-state index contributed by atoms with van der Waals surface area (Å²) in [6.45, 7) is 7.37. The Kier molecular flexibility index (Phi) is 6.13. The number of thioether (sulfide) groups is 1. The molecule has 1 rings (SSSR count). The molecular formula is C13H24N2O3S. The molecule has 0 aliphatic carbocycles. The van der Waals surface area contributed by atoms with Crippen LogP contribution in [0.25, 0.3) is 0 Å². The van der Waals surface area contributed by atoms with Gasteiger partial charge in [-0.2, -0.15) is 0 Å². The molecule has 19 heavy (non-hydrogen) atoms. The maximum atomic E-state index is 12.2. The van der Waals surface area contributed by atoms with Gasteiger partial charge in [0.25, 0.3) is 0 Å². The summed E-state index contributed by atoms with van der Waals surface area (Å²) in [5.41, 5.74) is -0.454. The van der Waals surface area contributed by atoms with Crippen LogP contribution in [0.5, 0.6) is 0 Å². The van der Waals surface area contributed by atoms with Crippen LogP contribution in [0.4, 0.5) is 0 Å². The molecule has 110 valence electrons. The number of amides is 1. The van der Waals surface area contributed by atoms with Gasteiger partial charge in [0.15, 0.2) is 0 Å². The standard InChI is InChI=1S/C13H24N2O3S/c1-13(2,3)15(8-12(17)18)11(16)9-19-10-4-6-14-7-5-10/h10,14H,4-9H2,1-3H3,(H,17,18). The van der Waals surface area contributed by atoms with Gasteiger partial charge in [0, 0.05) is 10.8 Å². The Labute approximate surface area is 119 Å². The van der Waals surface area contributed by atoms with Crippen LogP contribution >= 0.6 is 11.8 Å². The van der Waals surface area contributed by atoms with Crippen molar-refractivity contribution in [1.82, 2.24) is 10.2 Å². The van der Waals surface area contributed by atoms with Gasteiger partial charge in [-0.05, 0) is 46.7 Å². The summed E-state index contributed by atoms with van der Waals surface area (Å²) in [5, 5.41) is 12.7. The number of carboxylic acids is 1. The van der Waals surface area contributed by atoms with Crippen molar-refractivity contribution in [2.24, 2.45) is 0 Å². The summed E-state index contributed by atoms with van der Waals surface area (Å²) in [5.74, 6) is -0.677. The molecule has 0 saturated carbocycles. The number of carbonyl (C=O) groups is 2. The molecule has 1 amide bonds. The summed E-state index contributed by atoms with van der Waals surface area (Å²) in [7, 11) is 0. The molecule has 1 aliphatic rings. The van der Waals surface area contributed by atoms with Crippen molar-refractivity contribution in [2.45, 2.75) is 44.4 Å². The summed E-state index contributed by atoms with van der Waals surface area (Å²) in [4.78, 5) is 24.5. The maximum absolute atomic E-state index is 12.2. The van der Waals surface area contributed by atoms with Crippen molar-refractivity contribution in [3.63, 3.8) is 0 Å². The van der Waals surface area contributed by atoms with E-state index in [1.807, 2.05) is 20.8 Å². The number of hydrogen-bond acceptors (Lipinski definition) is 4. The molecule has 0 atom stereocenters. The van der Waals surface area contributed by atoms with E-state index in [0.717, 1.165) is 25.9 Å². The van der Waals surface area contributed by atoms with Crippen LogP contribution in [-0.4, -0.2) is 58.1 Å². The van der Waals surface area contributed by atoms with Crippen molar-refractivity contribution in [1.29, 1.82) is 0 Å². The number of carbonyl (C=O) groups excluding carboxylic acids is 1. The predicted molar refractivity (Wildman–Crippen MR) is 77.5 cm³/mol. The molecule has 0 radical (unpaired) electrons. The maximum Gasteiger partial charge on any atom is 0.323 e. The number of carboxylic acid groups (broad SMARTS) is 1. The Morgan fingerprint density at radius 1 is 1.32 bits per heavy atom. The molecule has 6 heteroatoms. The second kappa shape index (κ2) is 7.14. The van der Waals surface area contributed by atoms with E-state index in [4.69, 9.17) is 5.11 Å². The molecule has 0 aromatic rings. The van der Waals surface area contributed by atoms with Crippen molar-refractivity contribution < 1.29 is 14.7 Å². The van der Waals surface area contributed by atoms with Crippen LogP contribution in [0.1, 0.15) is 33.6 Å². The summed E-state index contributed by atoms with van der Waals surface area (Å²) in [6.07, 6.45) is 2.15. The van der Waals surface area contributed by atoms with Crippen molar-refractivity contribution >= 4 is 23.6 Å². The third-order valence-electron chi connectivity index (χ3n) is 3.13. The van der Waals surface area contributed by atoms with Gasteiger partial charge in [-0.1, -0.05) is 0 Å². The number of hydrogen-bond donors (Lipinski definition) is 2. The van der Waals surface area contributed by atoms with E-state index in [2.05, 4.69) is 5.32 Å². The van der Waals surface area contributed by atoms with Crippen molar-refractivity contribution in [3.8, 4) is 0 Å². The van der Waals surface area contributed by atoms with Crippen molar-refractivity contribution in [2.75, 3.05) is 25.4 Å². The Morgan fingerprint density at radius 2 is 1.89 bits per heavy atom. The lowest BCUT2D eigenvalue weighted by Crippen LogP contribution is -2.49. The third kappa shape index (κ3) is 5.82. The van der Waals surface area contributed by atoms with Gasteiger partial charge in [-0.15, -0.1) is 11.8 Å². The molecule has 0 unspecified atom stereocenters. The van der Waals surface area contributed by atoms with Crippen LogP contribution < -0.4 is 5.32 Å². The van der Waals surface area contributed by atoms with E-state index in [-0.39, 0.29) is 12.5 Å². The Hall–Kier alpha value is -0.750. The first kappa shape index (κ1) is 16.3. The molecule has 1 aliphatic heterocycles. The lowest BCUT2D eigenvalue weighted by atomic mass is 10.1. The van der Waals surface area contributed by atoms with Crippen LogP contribution in [0.3, 0.4) is 0 Å². The summed E-state index contributed by atoms with van der Waals surface area (Å²) < 4.78 is 0. The zero-order valence-corrected chi connectivity index (χ0v) is 12.8. The van der Waals surface area contributed by atoms with Gasteiger partial charge in [0.05, 0.1) is 5.75 Å². The van der Waals surface area contributed by atoms with Gasteiger partial charge >= 0.3 is 5.97 Å². The Bertz CT molecular complexity index is 322. The average Bonchev–Trinajstić information content (AvgIpc) is 2.33. The van der Waals surface area contributed by atoms with E-state index >= 15 is 0 Å². The number of nitrogens with zero attached hydrogens (tertiary/aromatic N) is 1. The molecule has 1 fully saturated rings. The largest absolute Gasteiger partial charge is 0.480 e. The first-order valence-electron chi connectivity index (χ1n) is 6.65. The molecule has 5 nitrogen and oxygen atoms in total. The van der Waals surface area contributed by atoms with Gasteiger partial charge in [-0.25, -0.2) is 0 Å². The fourth-order valence-electron chi connectivity index (χ4n) is 2.06. The molecule has 0 aromatic heterocycles. The number of rotatable bonds is 5. The SMILES string of the molecule is CC(C)(C)N(CC(=O)O)C(=O)CSC1CCNCC1.